The molecule has 0 fully saturated rings. The quantitative estimate of drug-likeness (QED) is 0.844. The highest BCUT2D eigenvalue weighted by atomic mass is 32.2. The maximum atomic E-state index is 11.9. The van der Waals surface area contributed by atoms with Crippen molar-refractivity contribution in [3.05, 3.63) is 36.5 Å². The molecule has 2 rings (SSSR count). The van der Waals surface area contributed by atoms with E-state index in [1.54, 1.807) is 0 Å². The summed E-state index contributed by atoms with van der Waals surface area (Å²) in [7, 11) is -2.07. The van der Waals surface area contributed by atoms with Crippen molar-refractivity contribution in [1.82, 2.24) is 19.3 Å². The van der Waals surface area contributed by atoms with E-state index in [2.05, 4.69) is 15.6 Å². The fourth-order valence-electron chi connectivity index (χ4n) is 1.58. The lowest BCUT2D eigenvalue weighted by Crippen LogP contribution is -2.34. The summed E-state index contributed by atoms with van der Waals surface area (Å²) in [5, 5.41) is 10.2. The molecule has 0 aliphatic rings. The van der Waals surface area contributed by atoms with Crippen LogP contribution in [0.2, 0.25) is 0 Å². The Hall–Kier alpha value is -2.26. The number of nitrogens with zero attached hydrogens (tertiary/aromatic N) is 4. The summed E-state index contributed by atoms with van der Waals surface area (Å²) in [6.45, 7) is -0.279. The fraction of sp³-hybridized carbons (Fsp3) is 0.250. The van der Waals surface area contributed by atoms with Gasteiger partial charge >= 0.3 is 0 Å². The third-order valence-electron chi connectivity index (χ3n) is 2.75. The van der Waals surface area contributed by atoms with Crippen LogP contribution in [-0.4, -0.2) is 53.5 Å². The zero-order chi connectivity index (χ0) is 15.5. The number of sulfonamides is 1. The van der Waals surface area contributed by atoms with Gasteiger partial charge in [-0.25, -0.2) is 8.42 Å². The molecule has 8 nitrogen and oxygen atoms in total. The molecule has 112 valence electrons. The molecule has 0 radical (unpaired) electrons. The van der Waals surface area contributed by atoms with Crippen LogP contribution in [0.25, 0.3) is 5.69 Å². The first kappa shape index (κ1) is 15.1. The van der Waals surface area contributed by atoms with Gasteiger partial charge in [0.1, 0.15) is 0 Å². The Morgan fingerprint density at radius 1 is 1.33 bits per heavy atom. The Balaban J connectivity index is 2.11. The number of amides is 1. The van der Waals surface area contributed by atoms with Gasteiger partial charge in [0.05, 0.1) is 24.7 Å². The van der Waals surface area contributed by atoms with Gasteiger partial charge in [0, 0.05) is 7.05 Å². The summed E-state index contributed by atoms with van der Waals surface area (Å²) < 4.78 is 25.0. The van der Waals surface area contributed by atoms with Gasteiger partial charge in [0.25, 0.3) is 0 Å². The number of carbonyl (C=O) groups is 1. The minimum atomic E-state index is -3.40. The monoisotopic (exact) mass is 309 g/mol. The summed E-state index contributed by atoms with van der Waals surface area (Å²) in [5.41, 5.74) is 0.738. The highest BCUT2D eigenvalue weighted by Gasteiger charge is 2.16. The normalized spacial score (nSPS) is 11.6. The summed E-state index contributed by atoms with van der Waals surface area (Å²) >= 11 is 0. The van der Waals surface area contributed by atoms with Crippen molar-refractivity contribution in [3.63, 3.8) is 0 Å². The Kier molecular flexibility index (Phi) is 4.34. The van der Waals surface area contributed by atoms with Crippen molar-refractivity contribution in [3.8, 4) is 5.69 Å². The second kappa shape index (κ2) is 6.02. The van der Waals surface area contributed by atoms with E-state index < -0.39 is 15.9 Å². The number of likely N-dealkylation sites (N-methyl/N-ethyl adjacent to an activating group) is 1. The Bertz CT molecular complexity index is 726. The van der Waals surface area contributed by atoms with Gasteiger partial charge in [0.15, 0.2) is 5.82 Å². The molecule has 0 bridgehead atoms. The van der Waals surface area contributed by atoms with E-state index in [0.717, 1.165) is 16.2 Å². The molecule has 0 aliphatic carbocycles. The average Bonchev–Trinajstić information content (AvgIpc) is 2.86. The van der Waals surface area contributed by atoms with Crippen LogP contribution in [0.15, 0.2) is 36.5 Å². The highest BCUT2D eigenvalue weighted by molar-refractivity contribution is 7.88. The molecule has 0 unspecified atom stereocenters. The van der Waals surface area contributed by atoms with Crippen molar-refractivity contribution < 1.29 is 13.2 Å². The SMILES string of the molecule is CN(CC(=O)Nc1cnnn1-c1ccccc1)S(C)(=O)=O. The van der Waals surface area contributed by atoms with Gasteiger partial charge in [-0.15, -0.1) is 5.10 Å². The minimum absolute atomic E-state index is 0.279. The van der Waals surface area contributed by atoms with Crippen LogP contribution in [0.1, 0.15) is 0 Å². The molecule has 2 aromatic rings. The van der Waals surface area contributed by atoms with Gasteiger partial charge in [-0.3, -0.25) is 4.79 Å². The molecule has 1 heterocycles. The van der Waals surface area contributed by atoms with Crippen LogP contribution in [-0.2, 0) is 14.8 Å². The zero-order valence-electron chi connectivity index (χ0n) is 11.6. The van der Waals surface area contributed by atoms with Crippen LogP contribution in [0.4, 0.5) is 5.82 Å². The second-order valence-corrected chi connectivity index (χ2v) is 6.52. The standard InChI is InChI=1S/C12H15N5O3S/c1-16(21(2,19)20)9-12(18)14-11-8-13-15-17(11)10-6-4-3-5-7-10/h3-8H,9H2,1-2H3,(H,14,18). The van der Waals surface area contributed by atoms with Crippen molar-refractivity contribution >= 4 is 21.7 Å². The molecular weight excluding hydrogens is 294 g/mol. The van der Waals surface area contributed by atoms with E-state index >= 15 is 0 Å². The lowest BCUT2D eigenvalue weighted by Gasteiger charge is -2.13. The zero-order valence-corrected chi connectivity index (χ0v) is 12.4. The number of rotatable bonds is 5. The number of benzene rings is 1. The average molecular weight is 309 g/mol. The van der Waals surface area contributed by atoms with Crippen molar-refractivity contribution in [2.45, 2.75) is 0 Å². The van der Waals surface area contributed by atoms with Gasteiger partial charge in [-0.2, -0.15) is 8.99 Å². The number of anilines is 1. The van der Waals surface area contributed by atoms with E-state index in [0.29, 0.717) is 5.82 Å². The van der Waals surface area contributed by atoms with Crippen LogP contribution >= 0.6 is 0 Å². The van der Waals surface area contributed by atoms with Crippen LogP contribution in [0, 0.1) is 0 Å². The van der Waals surface area contributed by atoms with Crippen LogP contribution < -0.4 is 5.32 Å². The van der Waals surface area contributed by atoms with E-state index in [1.165, 1.54) is 17.9 Å². The maximum Gasteiger partial charge on any atom is 0.240 e. The van der Waals surface area contributed by atoms with Crippen molar-refractivity contribution in [2.24, 2.45) is 0 Å². The van der Waals surface area contributed by atoms with Crippen LogP contribution in [0.5, 0.6) is 0 Å². The minimum Gasteiger partial charge on any atom is -0.308 e. The molecule has 9 heteroatoms. The van der Waals surface area contributed by atoms with E-state index in [-0.39, 0.29) is 6.54 Å². The summed E-state index contributed by atoms with van der Waals surface area (Å²) in [4.78, 5) is 11.9. The lowest BCUT2D eigenvalue weighted by molar-refractivity contribution is -0.116. The van der Waals surface area contributed by atoms with Crippen molar-refractivity contribution in [1.29, 1.82) is 0 Å². The number of carbonyl (C=O) groups excluding carboxylic acids is 1. The van der Waals surface area contributed by atoms with Gasteiger partial charge < -0.3 is 5.32 Å². The Morgan fingerprint density at radius 3 is 2.62 bits per heavy atom. The molecule has 1 aromatic carbocycles. The van der Waals surface area contributed by atoms with Crippen molar-refractivity contribution in [2.75, 3.05) is 25.2 Å². The molecule has 0 saturated carbocycles. The highest BCUT2D eigenvalue weighted by Crippen LogP contribution is 2.12. The molecule has 1 aromatic heterocycles. The number of hydrogen-bond donors (Lipinski definition) is 1. The topological polar surface area (TPSA) is 97.2 Å². The smallest absolute Gasteiger partial charge is 0.240 e. The Labute approximate surface area is 122 Å². The van der Waals surface area contributed by atoms with Gasteiger partial charge in [-0.05, 0) is 12.1 Å². The summed E-state index contributed by atoms with van der Waals surface area (Å²) in [6.07, 6.45) is 2.43. The fourth-order valence-corrected chi connectivity index (χ4v) is 1.93. The molecule has 1 N–H and O–H groups in total. The number of para-hydroxylation sites is 1. The maximum absolute atomic E-state index is 11.9. The third kappa shape index (κ3) is 3.86. The molecule has 0 atom stereocenters. The summed E-state index contributed by atoms with van der Waals surface area (Å²) in [5.74, 6) is -0.101. The lowest BCUT2D eigenvalue weighted by atomic mass is 10.3. The van der Waals surface area contributed by atoms with Crippen LogP contribution in [0.3, 0.4) is 0 Å². The summed E-state index contributed by atoms with van der Waals surface area (Å²) in [6, 6.07) is 9.15. The Morgan fingerprint density at radius 2 is 2.00 bits per heavy atom. The number of nitrogens with one attached hydrogen (secondary N) is 1. The van der Waals surface area contributed by atoms with Gasteiger partial charge in [-0.1, -0.05) is 23.4 Å². The first-order chi connectivity index (χ1) is 9.88. The first-order valence-corrected chi connectivity index (χ1v) is 7.90. The molecule has 0 spiro atoms. The molecule has 1 amide bonds. The van der Waals surface area contributed by atoms with E-state index in [1.807, 2.05) is 30.3 Å². The molecule has 0 aliphatic heterocycles. The first-order valence-electron chi connectivity index (χ1n) is 6.05. The number of aromatic nitrogens is 3. The number of hydrogen-bond acceptors (Lipinski definition) is 5. The predicted octanol–water partition coefficient (Wildman–Crippen LogP) is 0.0972. The van der Waals surface area contributed by atoms with E-state index in [4.69, 9.17) is 0 Å². The van der Waals surface area contributed by atoms with Gasteiger partial charge in [0.2, 0.25) is 15.9 Å². The second-order valence-electron chi connectivity index (χ2n) is 4.43. The van der Waals surface area contributed by atoms with E-state index in [9.17, 15) is 13.2 Å². The third-order valence-corrected chi connectivity index (χ3v) is 4.01. The predicted molar refractivity (Wildman–Crippen MR) is 77.5 cm³/mol. The molecule has 0 saturated heterocycles. The molecular formula is C12H15N5O3S. The largest absolute Gasteiger partial charge is 0.308 e. The molecule has 21 heavy (non-hydrogen) atoms.